The summed E-state index contributed by atoms with van der Waals surface area (Å²) in [6, 6.07) is 0.334. The first-order valence-corrected chi connectivity index (χ1v) is 13.3. The third-order valence-corrected chi connectivity index (χ3v) is 10.1. The highest BCUT2D eigenvalue weighted by atomic mass is 35.5. The van der Waals surface area contributed by atoms with E-state index < -0.39 is 10.8 Å². The van der Waals surface area contributed by atoms with Crippen LogP contribution in [-0.4, -0.2) is 58.7 Å². The number of halogens is 1. The lowest BCUT2D eigenvalue weighted by molar-refractivity contribution is 0.143. The van der Waals surface area contributed by atoms with Crippen LogP contribution in [0.5, 0.6) is 0 Å². The smallest absolute Gasteiger partial charge is 0.227 e. The van der Waals surface area contributed by atoms with Crippen LogP contribution >= 0.6 is 11.6 Å². The molecule has 10 heteroatoms. The maximum atomic E-state index is 13.3. The van der Waals surface area contributed by atoms with E-state index >= 15 is 0 Å². The van der Waals surface area contributed by atoms with E-state index in [4.69, 9.17) is 21.6 Å². The maximum Gasteiger partial charge on any atom is 0.227 e. The fourth-order valence-electron chi connectivity index (χ4n) is 5.96. The molecule has 2 bridgehead atoms. The van der Waals surface area contributed by atoms with E-state index in [2.05, 4.69) is 20.2 Å². The number of nitrogens with zero attached hydrogens (tertiary/aromatic N) is 5. The van der Waals surface area contributed by atoms with Gasteiger partial charge < -0.3 is 15.3 Å². The second-order valence-corrected chi connectivity index (χ2v) is 13.2. The summed E-state index contributed by atoms with van der Waals surface area (Å²) in [5.74, 6) is 3.00. The van der Waals surface area contributed by atoms with Crippen molar-refractivity contribution >= 4 is 34.2 Å². The zero-order valence-electron chi connectivity index (χ0n) is 18.9. The van der Waals surface area contributed by atoms with Gasteiger partial charge in [0.05, 0.1) is 38.4 Å². The van der Waals surface area contributed by atoms with Gasteiger partial charge in [-0.1, -0.05) is 11.6 Å². The van der Waals surface area contributed by atoms with E-state index in [1.807, 2.05) is 13.8 Å². The molecule has 2 N–H and O–H groups in total. The molecule has 2 saturated carbocycles. The molecule has 33 heavy (non-hydrogen) atoms. The van der Waals surface area contributed by atoms with Crippen molar-refractivity contribution in [1.82, 2.24) is 19.9 Å². The quantitative estimate of drug-likeness (QED) is 0.661. The van der Waals surface area contributed by atoms with Crippen LogP contribution in [0.2, 0.25) is 5.02 Å². The largest absolute Gasteiger partial charge is 0.394 e. The lowest BCUT2D eigenvalue weighted by Crippen LogP contribution is -2.49. The van der Waals surface area contributed by atoms with Crippen LogP contribution in [0.4, 0.5) is 11.8 Å². The van der Waals surface area contributed by atoms with Gasteiger partial charge in [0.1, 0.15) is 16.5 Å². The summed E-state index contributed by atoms with van der Waals surface area (Å²) in [6.45, 7) is 4.95. The van der Waals surface area contributed by atoms with Gasteiger partial charge in [-0.05, 0) is 51.9 Å². The molecule has 0 amide bonds. The first kappa shape index (κ1) is 21.7. The number of aliphatic hydroxyl groups is 1. The van der Waals surface area contributed by atoms with Crippen LogP contribution < -0.4 is 10.2 Å². The average Bonchev–Trinajstić information content (AvgIpc) is 3.43. The van der Waals surface area contributed by atoms with Crippen LogP contribution in [-0.2, 0) is 17.2 Å². The topological polar surface area (TPSA) is 104 Å². The third kappa shape index (κ3) is 3.46. The second-order valence-electron chi connectivity index (χ2n) is 10.7. The summed E-state index contributed by atoms with van der Waals surface area (Å²) < 4.78 is 12.9. The fraction of sp³-hybridized carbons (Fsp3) is 0.652. The second kappa shape index (κ2) is 7.58. The number of hydrogen-bond acceptors (Lipinski definition) is 8. The average molecular weight is 489 g/mol. The van der Waals surface area contributed by atoms with Crippen molar-refractivity contribution in [3.63, 3.8) is 0 Å². The molecule has 0 aromatic carbocycles. The summed E-state index contributed by atoms with van der Waals surface area (Å²) in [5.41, 5.74) is 0.510. The standard InChI is InChI=1S/C23H29ClN6O2S/c1-22(2)8-17-18(33(22)32)20(29-23(12-31)4-3-5-23)28-21(27-17)30-11-13-6-15(30)7-16(13)19-25-9-14(24)10-26-19/h9-10,13,15-16,31H,3-8,11-12H2,1-2H3,(H,27,28,29)/t13?,15?,16?,33-/m0/s1. The summed E-state index contributed by atoms with van der Waals surface area (Å²) >= 11 is 5.97. The first-order valence-electron chi connectivity index (χ1n) is 11.7. The third-order valence-electron chi connectivity index (χ3n) is 7.97. The van der Waals surface area contributed by atoms with Crippen LogP contribution in [0.25, 0.3) is 0 Å². The number of piperidine rings is 1. The summed E-state index contributed by atoms with van der Waals surface area (Å²) in [6.07, 6.45) is 8.91. The van der Waals surface area contributed by atoms with Crippen molar-refractivity contribution < 1.29 is 9.32 Å². The molecule has 2 aromatic rings. The number of anilines is 2. The Morgan fingerprint density at radius 2 is 2.00 bits per heavy atom. The summed E-state index contributed by atoms with van der Waals surface area (Å²) in [5, 5.41) is 14.1. The normalized spacial score (nSPS) is 30.8. The molecular formula is C23H29ClN6O2S. The number of fused-ring (bicyclic) bond motifs is 3. The lowest BCUT2D eigenvalue weighted by Gasteiger charge is -2.42. The van der Waals surface area contributed by atoms with Crippen LogP contribution in [0, 0.1) is 5.92 Å². The molecule has 1 saturated heterocycles. The Morgan fingerprint density at radius 1 is 1.24 bits per heavy atom. The van der Waals surface area contributed by atoms with E-state index in [0.717, 1.165) is 55.1 Å². The highest BCUT2D eigenvalue weighted by molar-refractivity contribution is 7.87. The molecule has 0 radical (unpaired) electrons. The van der Waals surface area contributed by atoms with Crippen LogP contribution in [0.15, 0.2) is 17.3 Å². The SMILES string of the molecule is CC1(C)Cc2nc(N3CC4CC3CC4c3ncc(Cl)cn3)nc(NC3(CO)CCC3)c2[S@@]1=O. The van der Waals surface area contributed by atoms with E-state index in [0.29, 0.717) is 41.1 Å². The van der Waals surface area contributed by atoms with Crippen molar-refractivity contribution in [2.75, 3.05) is 23.4 Å². The van der Waals surface area contributed by atoms with Gasteiger partial charge in [-0.25, -0.2) is 15.0 Å². The Labute approximate surface area is 201 Å². The van der Waals surface area contributed by atoms with Crippen LogP contribution in [0.1, 0.15) is 63.4 Å². The zero-order valence-corrected chi connectivity index (χ0v) is 20.5. The molecule has 4 aliphatic rings. The van der Waals surface area contributed by atoms with Gasteiger partial charge >= 0.3 is 0 Å². The number of nitrogens with one attached hydrogen (secondary N) is 1. The highest BCUT2D eigenvalue weighted by Gasteiger charge is 2.49. The molecular weight excluding hydrogens is 460 g/mol. The van der Waals surface area contributed by atoms with Crippen molar-refractivity contribution in [3.8, 4) is 0 Å². The van der Waals surface area contributed by atoms with Crippen molar-refractivity contribution in [1.29, 1.82) is 0 Å². The van der Waals surface area contributed by atoms with Crippen molar-refractivity contribution in [2.24, 2.45) is 5.92 Å². The van der Waals surface area contributed by atoms with Crippen LogP contribution in [0.3, 0.4) is 0 Å². The molecule has 2 aliphatic heterocycles. The molecule has 3 fully saturated rings. The maximum absolute atomic E-state index is 13.3. The molecule has 0 spiro atoms. The molecule has 4 atom stereocenters. The molecule has 176 valence electrons. The lowest BCUT2D eigenvalue weighted by atomic mass is 9.77. The van der Waals surface area contributed by atoms with Gasteiger partial charge in [-0.15, -0.1) is 0 Å². The minimum Gasteiger partial charge on any atom is -0.394 e. The summed E-state index contributed by atoms with van der Waals surface area (Å²) in [4.78, 5) is 21.8. The predicted octanol–water partition coefficient (Wildman–Crippen LogP) is 3.07. The van der Waals surface area contributed by atoms with Gasteiger partial charge in [0.2, 0.25) is 5.95 Å². The van der Waals surface area contributed by atoms with Gasteiger partial charge in [0.15, 0.2) is 0 Å². The molecule has 2 aromatic heterocycles. The first-order chi connectivity index (χ1) is 15.8. The molecule has 2 aliphatic carbocycles. The minimum absolute atomic E-state index is 0.0499. The molecule has 4 heterocycles. The fourth-order valence-corrected chi connectivity index (χ4v) is 7.48. The Balaban J connectivity index is 1.31. The number of aliphatic hydroxyl groups excluding tert-OH is 1. The zero-order chi connectivity index (χ0) is 23.0. The van der Waals surface area contributed by atoms with Gasteiger partial charge in [0, 0.05) is 37.3 Å². The Morgan fingerprint density at radius 3 is 2.61 bits per heavy atom. The van der Waals surface area contributed by atoms with E-state index in [9.17, 15) is 9.32 Å². The highest BCUT2D eigenvalue weighted by Crippen LogP contribution is 2.49. The van der Waals surface area contributed by atoms with Gasteiger partial charge in [-0.3, -0.25) is 4.21 Å². The van der Waals surface area contributed by atoms with Gasteiger partial charge in [-0.2, -0.15) is 4.98 Å². The van der Waals surface area contributed by atoms with Crippen molar-refractivity contribution in [2.45, 2.75) is 79.5 Å². The Kier molecular flexibility index (Phi) is 4.98. The van der Waals surface area contributed by atoms with Gasteiger partial charge in [0.25, 0.3) is 0 Å². The minimum atomic E-state index is -1.19. The number of rotatable bonds is 5. The molecule has 6 rings (SSSR count). The molecule has 8 nitrogen and oxygen atoms in total. The Hall–Kier alpha value is -1.84. The van der Waals surface area contributed by atoms with Crippen molar-refractivity contribution in [3.05, 3.63) is 28.9 Å². The number of hydrogen-bond donors (Lipinski definition) is 2. The summed E-state index contributed by atoms with van der Waals surface area (Å²) in [7, 11) is -1.19. The van der Waals surface area contributed by atoms with E-state index in [1.165, 1.54) is 0 Å². The van der Waals surface area contributed by atoms with E-state index in [1.54, 1.807) is 12.4 Å². The predicted molar refractivity (Wildman–Crippen MR) is 127 cm³/mol. The molecule has 3 unspecified atom stereocenters. The number of aromatic nitrogens is 4. The Bertz CT molecular complexity index is 1120. The monoisotopic (exact) mass is 488 g/mol. The van der Waals surface area contributed by atoms with E-state index in [-0.39, 0.29) is 16.9 Å².